The van der Waals surface area contributed by atoms with Gasteiger partial charge in [0.05, 0.1) is 29.8 Å². The van der Waals surface area contributed by atoms with Crippen molar-refractivity contribution in [1.82, 2.24) is 9.88 Å². The number of carbonyl (C=O) groups excluding carboxylic acids is 1. The number of halogens is 1. The first-order valence-corrected chi connectivity index (χ1v) is 9.09. The van der Waals surface area contributed by atoms with Crippen molar-refractivity contribution in [2.45, 2.75) is 12.6 Å². The zero-order valence-corrected chi connectivity index (χ0v) is 15.9. The summed E-state index contributed by atoms with van der Waals surface area (Å²) in [5, 5.41) is 27.7. The summed E-state index contributed by atoms with van der Waals surface area (Å²) >= 11 is 0. The van der Waals surface area contributed by atoms with Crippen molar-refractivity contribution in [2.24, 2.45) is 0 Å². The van der Waals surface area contributed by atoms with Crippen LogP contribution in [-0.4, -0.2) is 64.8 Å². The van der Waals surface area contributed by atoms with Crippen LogP contribution in [0.5, 0.6) is 5.88 Å². The zero-order chi connectivity index (χ0) is 21.7. The van der Waals surface area contributed by atoms with Gasteiger partial charge in [0.1, 0.15) is 18.2 Å². The third-order valence-electron chi connectivity index (χ3n) is 4.80. The van der Waals surface area contributed by atoms with Crippen LogP contribution in [-0.2, 0) is 6.61 Å². The van der Waals surface area contributed by atoms with E-state index >= 15 is 0 Å². The van der Waals surface area contributed by atoms with Crippen molar-refractivity contribution < 1.29 is 28.9 Å². The summed E-state index contributed by atoms with van der Waals surface area (Å²) in [6, 6.07) is 8.28. The van der Waals surface area contributed by atoms with Gasteiger partial charge in [-0.05, 0) is 18.2 Å². The molecule has 1 aliphatic heterocycles. The van der Waals surface area contributed by atoms with Gasteiger partial charge in [-0.3, -0.25) is 4.79 Å². The number of ether oxygens (including phenoxy) is 1. The molecule has 9 nitrogen and oxygen atoms in total. The summed E-state index contributed by atoms with van der Waals surface area (Å²) < 4.78 is 19.6. The fourth-order valence-corrected chi connectivity index (χ4v) is 3.19. The lowest BCUT2D eigenvalue weighted by atomic mass is 10.1. The molecule has 2 N–H and O–H groups in total. The first-order chi connectivity index (χ1) is 14.5. The number of hydrogen-bond donors (Lipinski definition) is 2. The van der Waals surface area contributed by atoms with Gasteiger partial charge in [-0.1, -0.05) is 6.07 Å². The van der Waals surface area contributed by atoms with Crippen LogP contribution in [0.1, 0.15) is 21.5 Å². The maximum absolute atomic E-state index is 14.0. The molecule has 0 bridgehead atoms. The second kappa shape index (κ2) is 9.19. The van der Waals surface area contributed by atoms with E-state index in [0.717, 1.165) is 6.07 Å². The first-order valence-electron chi connectivity index (χ1n) is 9.09. The second-order valence-corrected chi connectivity index (χ2v) is 6.65. The van der Waals surface area contributed by atoms with E-state index in [9.17, 15) is 24.2 Å². The fraction of sp³-hybridized carbons (Fsp3) is 0.300. The molecule has 0 saturated carbocycles. The molecule has 0 spiro atoms. The smallest absolute Gasteiger partial charge is 0.407 e. The second-order valence-electron chi connectivity index (χ2n) is 6.65. The highest BCUT2D eigenvalue weighted by atomic mass is 19.1. The Labute approximate surface area is 171 Å². The number of rotatable bonds is 6. The largest absolute Gasteiger partial charge is 0.473 e. The molecule has 1 saturated heterocycles. The predicted octanol–water partition coefficient (Wildman–Crippen LogP) is 1.64. The molecule has 1 amide bonds. The molecule has 156 valence electrons. The minimum absolute atomic E-state index is 0.0628. The van der Waals surface area contributed by atoms with E-state index in [2.05, 4.69) is 4.98 Å². The van der Waals surface area contributed by atoms with Gasteiger partial charge in [0.25, 0.3) is 0 Å². The highest BCUT2D eigenvalue weighted by Crippen LogP contribution is 2.25. The predicted molar refractivity (Wildman–Crippen MR) is 103 cm³/mol. The summed E-state index contributed by atoms with van der Waals surface area (Å²) in [5.74, 6) is -0.187. The van der Waals surface area contributed by atoms with Crippen molar-refractivity contribution in [3.05, 3.63) is 52.8 Å². The summed E-state index contributed by atoms with van der Waals surface area (Å²) in [4.78, 5) is 29.9. The number of aldehydes is 1. The minimum atomic E-state index is -1.09. The van der Waals surface area contributed by atoms with Gasteiger partial charge >= 0.3 is 6.09 Å². The van der Waals surface area contributed by atoms with E-state index in [1.165, 1.54) is 29.2 Å². The molecule has 1 aromatic heterocycles. The molecule has 1 aromatic carbocycles. The number of aliphatic hydroxyl groups is 1. The lowest BCUT2D eigenvalue weighted by Gasteiger charge is -2.40. The maximum atomic E-state index is 14.0. The number of nitriles is 1. The Balaban J connectivity index is 1.81. The average Bonchev–Trinajstić information content (AvgIpc) is 2.77. The van der Waals surface area contributed by atoms with Crippen LogP contribution >= 0.6 is 0 Å². The number of aliphatic hydroxyl groups excluding tert-OH is 1. The molecule has 30 heavy (non-hydrogen) atoms. The van der Waals surface area contributed by atoms with Crippen molar-refractivity contribution in [2.75, 3.05) is 31.1 Å². The number of aromatic nitrogens is 1. The molecule has 3 rings (SSSR count). The fourth-order valence-electron chi connectivity index (χ4n) is 3.19. The Morgan fingerprint density at radius 2 is 2.17 bits per heavy atom. The number of anilines is 1. The molecule has 10 heteroatoms. The number of amides is 1. The number of piperazine rings is 1. The van der Waals surface area contributed by atoms with Crippen LogP contribution in [0, 0.1) is 17.1 Å². The van der Waals surface area contributed by atoms with Crippen LogP contribution in [0.15, 0.2) is 30.3 Å². The standard InChI is InChI=1S/C20H19FN4O5/c21-17-7-13(8-22)1-2-15(17)12-30-18-4-3-14(10-26)19(23-18)25-6-5-24(20(28)29)9-16(25)11-27/h1-4,7,10,16,27H,5-6,9,11-12H2,(H,28,29)/t16-/m1/s1. The van der Waals surface area contributed by atoms with Crippen molar-refractivity contribution in [3.8, 4) is 11.9 Å². The number of nitrogens with zero attached hydrogens (tertiary/aromatic N) is 4. The number of carboxylic acid groups (broad SMARTS) is 1. The average molecular weight is 414 g/mol. The SMILES string of the molecule is N#Cc1ccc(COc2ccc(C=O)c(N3CCN(C(=O)O)C[C@@H]3CO)n2)c(F)c1. The van der Waals surface area contributed by atoms with Crippen molar-refractivity contribution in [1.29, 1.82) is 5.26 Å². The van der Waals surface area contributed by atoms with Crippen LogP contribution in [0.25, 0.3) is 0 Å². The molecule has 1 fully saturated rings. The third kappa shape index (κ3) is 4.47. The normalized spacial score (nSPS) is 16.1. The highest BCUT2D eigenvalue weighted by molar-refractivity contribution is 5.83. The maximum Gasteiger partial charge on any atom is 0.407 e. The van der Waals surface area contributed by atoms with Crippen LogP contribution in [0.4, 0.5) is 15.0 Å². The van der Waals surface area contributed by atoms with Gasteiger partial charge in [-0.15, -0.1) is 0 Å². The number of carbonyl (C=O) groups is 2. The molecule has 0 aliphatic carbocycles. The highest BCUT2D eigenvalue weighted by Gasteiger charge is 2.31. The van der Waals surface area contributed by atoms with Gasteiger partial charge in [-0.2, -0.15) is 10.2 Å². The van der Waals surface area contributed by atoms with Gasteiger partial charge < -0.3 is 24.7 Å². The zero-order valence-electron chi connectivity index (χ0n) is 15.9. The lowest BCUT2D eigenvalue weighted by Crippen LogP contribution is -2.56. The van der Waals surface area contributed by atoms with Crippen LogP contribution < -0.4 is 9.64 Å². The Morgan fingerprint density at radius 3 is 2.80 bits per heavy atom. The molecule has 1 atom stereocenters. The molecular formula is C20H19FN4O5. The molecular weight excluding hydrogens is 395 g/mol. The molecule has 0 radical (unpaired) electrons. The Morgan fingerprint density at radius 1 is 1.37 bits per heavy atom. The Bertz CT molecular complexity index is 994. The van der Waals surface area contributed by atoms with E-state index in [1.54, 1.807) is 4.90 Å². The van der Waals surface area contributed by atoms with Crippen molar-refractivity contribution in [3.63, 3.8) is 0 Å². The Kier molecular flexibility index (Phi) is 6.44. The van der Waals surface area contributed by atoms with Gasteiger partial charge in [0, 0.05) is 31.3 Å². The number of pyridine rings is 1. The summed E-state index contributed by atoms with van der Waals surface area (Å²) in [5.41, 5.74) is 0.691. The molecule has 2 aromatic rings. The summed E-state index contributed by atoms with van der Waals surface area (Å²) in [6.45, 7) is 0.0195. The topological polar surface area (TPSA) is 127 Å². The van der Waals surface area contributed by atoms with E-state index in [1.807, 2.05) is 6.07 Å². The number of benzene rings is 1. The summed E-state index contributed by atoms with van der Waals surface area (Å²) in [6.07, 6.45) is -0.470. The van der Waals surface area contributed by atoms with Crippen LogP contribution in [0.2, 0.25) is 0 Å². The number of hydrogen-bond acceptors (Lipinski definition) is 7. The van der Waals surface area contributed by atoms with Crippen molar-refractivity contribution >= 4 is 18.2 Å². The quantitative estimate of drug-likeness (QED) is 0.683. The first kappa shape index (κ1) is 21.0. The Hall–Kier alpha value is -3.71. The van der Waals surface area contributed by atoms with Gasteiger partial charge in [0.2, 0.25) is 5.88 Å². The van der Waals surface area contributed by atoms with Gasteiger partial charge in [0.15, 0.2) is 6.29 Å². The monoisotopic (exact) mass is 414 g/mol. The minimum Gasteiger partial charge on any atom is -0.473 e. The lowest BCUT2D eigenvalue weighted by molar-refractivity contribution is 0.111. The molecule has 1 aliphatic rings. The van der Waals surface area contributed by atoms with E-state index in [0.29, 0.717) is 6.29 Å². The molecule has 0 unspecified atom stereocenters. The van der Waals surface area contributed by atoms with E-state index in [-0.39, 0.29) is 61.2 Å². The van der Waals surface area contributed by atoms with Gasteiger partial charge in [-0.25, -0.2) is 9.18 Å². The third-order valence-corrected chi connectivity index (χ3v) is 4.80. The van der Waals surface area contributed by atoms with E-state index in [4.69, 9.17) is 10.00 Å². The van der Waals surface area contributed by atoms with E-state index < -0.39 is 18.0 Å². The van der Waals surface area contributed by atoms with Crippen LogP contribution in [0.3, 0.4) is 0 Å². The molecule has 2 heterocycles. The summed E-state index contributed by atoms with van der Waals surface area (Å²) in [7, 11) is 0.